The van der Waals surface area contributed by atoms with Crippen LogP contribution in [-0.2, 0) is 12.7 Å². The van der Waals surface area contributed by atoms with Gasteiger partial charge in [0, 0.05) is 38.8 Å². The molecule has 0 atom stereocenters. The number of aromatic nitrogens is 2. The fourth-order valence-electron chi connectivity index (χ4n) is 3.30. The summed E-state index contributed by atoms with van der Waals surface area (Å²) in [5.41, 5.74) is 0.551. The van der Waals surface area contributed by atoms with Crippen molar-refractivity contribution in [2.24, 2.45) is 0 Å². The summed E-state index contributed by atoms with van der Waals surface area (Å²) >= 11 is 0. The van der Waals surface area contributed by atoms with Crippen LogP contribution < -0.4 is 10.2 Å². The van der Waals surface area contributed by atoms with Gasteiger partial charge in [0.15, 0.2) is 6.39 Å². The lowest BCUT2D eigenvalue weighted by Crippen LogP contribution is -2.46. The maximum Gasteiger partial charge on any atom is 0.416 e. The van der Waals surface area contributed by atoms with Crippen LogP contribution in [0.2, 0.25) is 0 Å². The molecule has 3 heterocycles. The third-order valence-electron chi connectivity index (χ3n) is 4.82. The highest BCUT2D eigenvalue weighted by atomic mass is 19.4. The van der Waals surface area contributed by atoms with Crippen molar-refractivity contribution in [1.29, 1.82) is 0 Å². The van der Waals surface area contributed by atoms with E-state index in [0.29, 0.717) is 38.4 Å². The number of nitrogens with zero attached hydrogens (tertiary/aromatic N) is 4. The number of oxazole rings is 1. The van der Waals surface area contributed by atoms with Gasteiger partial charge in [-0.3, -0.25) is 9.69 Å². The fourth-order valence-corrected chi connectivity index (χ4v) is 3.30. The van der Waals surface area contributed by atoms with E-state index in [1.807, 2.05) is 4.90 Å². The molecule has 1 aliphatic heterocycles. The summed E-state index contributed by atoms with van der Waals surface area (Å²) in [6.07, 6.45) is -0.284. The molecule has 1 saturated heterocycles. The summed E-state index contributed by atoms with van der Waals surface area (Å²) in [7, 11) is 0. The van der Waals surface area contributed by atoms with E-state index in [1.165, 1.54) is 24.7 Å². The van der Waals surface area contributed by atoms with Crippen molar-refractivity contribution in [3.63, 3.8) is 0 Å². The van der Waals surface area contributed by atoms with Gasteiger partial charge >= 0.3 is 6.18 Å². The highest BCUT2D eigenvalue weighted by Gasteiger charge is 2.32. The van der Waals surface area contributed by atoms with E-state index < -0.39 is 17.6 Å². The van der Waals surface area contributed by atoms with Crippen molar-refractivity contribution in [3.8, 4) is 0 Å². The van der Waals surface area contributed by atoms with Gasteiger partial charge in [0.05, 0.1) is 28.8 Å². The minimum absolute atomic E-state index is 0.0659. The molecule has 1 amide bonds. The normalized spacial score (nSPS) is 15.4. The number of amides is 1. The maximum atomic E-state index is 13.2. The van der Waals surface area contributed by atoms with Gasteiger partial charge in [-0.25, -0.2) is 4.98 Å². The number of halogens is 3. The average Bonchev–Trinajstić information content (AvgIpc) is 3.42. The van der Waals surface area contributed by atoms with Crippen LogP contribution in [0.15, 0.2) is 52.1 Å². The standard InChI is InChI=1S/C19H18F3N5O3/c20-19(21,22)13-1-2-16(15(9-13)25-18(28)17-3-4-24-30-17)27-7-5-26(6-8-27)10-14-11-29-12-23-14/h1-4,9,11-12H,5-8,10H2,(H,25,28). The SMILES string of the molecule is O=C(Nc1cc(C(F)(F)F)ccc1N1CCN(Cc2cocn2)CC1)c1ccno1. The minimum atomic E-state index is -4.53. The van der Waals surface area contributed by atoms with Gasteiger partial charge in [0.1, 0.15) is 6.26 Å². The van der Waals surface area contributed by atoms with E-state index in [9.17, 15) is 18.0 Å². The van der Waals surface area contributed by atoms with Crippen LogP contribution in [0.4, 0.5) is 24.5 Å². The van der Waals surface area contributed by atoms with Crippen LogP contribution in [-0.4, -0.2) is 47.1 Å². The zero-order chi connectivity index (χ0) is 21.1. The Morgan fingerprint density at radius 1 is 1.17 bits per heavy atom. The fraction of sp³-hybridized carbons (Fsp3) is 0.316. The Labute approximate surface area is 169 Å². The first-order chi connectivity index (χ1) is 14.4. The molecular weight excluding hydrogens is 403 g/mol. The molecular formula is C19H18F3N5O3. The number of rotatable bonds is 5. The molecule has 0 bridgehead atoms. The Bertz CT molecular complexity index is 982. The number of hydrogen-bond acceptors (Lipinski definition) is 7. The van der Waals surface area contributed by atoms with E-state index in [4.69, 9.17) is 8.94 Å². The predicted octanol–water partition coefficient (Wildman–Crippen LogP) is 3.26. The van der Waals surface area contributed by atoms with Crippen molar-refractivity contribution in [2.45, 2.75) is 12.7 Å². The molecule has 30 heavy (non-hydrogen) atoms. The first kappa shape index (κ1) is 20.0. The summed E-state index contributed by atoms with van der Waals surface area (Å²) in [4.78, 5) is 20.5. The Hall–Kier alpha value is -3.34. The molecule has 1 N–H and O–H groups in total. The zero-order valence-electron chi connectivity index (χ0n) is 15.7. The van der Waals surface area contributed by atoms with Crippen molar-refractivity contribution in [1.82, 2.24) is 15.0 Å². The summed E-state index contributed by atoms with van der Waals surface area (Å²) in [5.74, 6) is -0.756. The van der Waals surface area contributed by atoms with Crippen molar-refractivity contribution < 1.29 is 26.9 Å². The molecule has 1 aromatic carbocycles. The molecule has 0 saturated carbocycles. The number of hydrogen-bond donors (Lipinski definition) is 1. The van der Waals surface area contributed by atoms with E-state index in [0.717, 1.165) is 17.8 Å². The topological polar surface area (TPSA) is 87.6 Å². The number of alkyl halides is 3. The molecule has 3 aromatic rings. The van der Waals surface area contributed by atoms with Crippen LogP contribution in [0, 0.1) is 0 Å². The lowest BCUT2D eigenvalue weighted by molar-refractivity contribution is -0.137. The highest BCUT2D eigenvalue weighted by molar-refractivity contribution is 6.04. The monoisotopic (exact) mass is 421 g/mol. The predicted molar refractivity (Wildman–Crippen MR) is 99.9 cm³/mol. The van der Waals surface area contributed by atoms with E-state index in [1.54, 1.807) is 6.26 Å². The first-order valence-electron chi connectivity index (χ1n) is 9.18. The third-order valence-corrected chi connectivity index (χ3v) is 4.82. The Kier molecular flexibility index (Phi) is 5.44. The van der Waals surface area contributed by atoms with E-state index in [-0.39, 0.29) is 11.4 Å². The van der Waals surface area contributed by atoms with Crippen LogP contribution in [0.25, 0.3) is 0 Å². The largest absolute Gasteiger partial charge is 0.451 e. The second-order valence-electron chi connectivity index (χ2n) is 6.80. The second kappa shape index (κ2) is 8.19. The Morgan fingerprint density at radius 2 is 1.97 bits per heavy atom. The van der Waals surface area contributed by atoms with Crippen LogP contribution >= 0.6 is 0 Å². The van der Waals surface area contributed by atoms with E-state index >= 15 is 0 Å². The van der Waals surface area contributed by atoms with Gasteiger partial charge in [0.25, 0.3) is 5.91 Å². The highest BCUT2D eigenvalue weighted by Crippen LogP contribution is 2.36. The number of piperazine rings is 1. The van der Waals surface area contributed by atoms with Crippen LogP contribution in [0.3, 0.4) is 0 Å². The van der Waals surface area contributed by atoms with E-state index in [2.05, 4.69) is 20.4 Å². The summed E-state index contributed by atoms with van der Waals surface area (Å²) in [5, 5.41) is 5.97. The number of carbonyl (C=O) groups is 1. The Morgan fingerprint density at radius 3 is 2.60 bits per heavy atom. The van der Waals surface area contributed by atoms with Gasteiger partial charge in [-0.1, -0.05) is 5.16 Å². The van der Waals surface area contributed by atoms with Gasteiger partial charge in [-0.15, -0.1) is 0 Å². The molecule has 0 aliphatic carbocycles. The van der Waals surface area contributed by atoms with Crippen molar-refractivity contribution >= 4 is 17.3 Å². The molecule has 0 spiro atoms. The van der Waals surface area contributed by atoms with Crippen molar-refractivity contribution in [2.75, 3.05) is 36.4 Å². The maximum absolute atomic E-state index is 13.2. The minimum Gasteiger partial charge on any atom is -0.451 e. The van der Waals surface area contributed by atoms with Crippen LogP contribution in [0.5, 0.6) is 0 Å². The lowest BCUT2D eigenvalue weighted by Gasteiger charge is -2.36. The molecule has 0 unspecified atom stereocenters. The lowest BCUT2D eigenvalue weighted by atomic mass is 10.1. The average molecular weight is 421 g/mol. The van der Waals surface area contributed by atoms with Gasteiger partial charge in [0.2, 0.25) is 5.76 Å². The molecule has 0 radical (unpaired) electrons. The molecule has 11 heteroatoms. The zero-order valence-corrected chi connectivity index (χ0v) is 15.7. The molecule has 4 rings (SSSR count). The molecule has 2 aromatic heterocycles. The van der Waals surface area contributed by atoms with Crippen molar-refractivity contribution in [3.05, 3.63) is 60.1 Å². The Balaban J connectivity index is 1.52. The van der Waals surface area contributed by atoms with Gasteiger partial charge in [-0.2, -0.15) is 13.2 Å². The number of carbonyl (C=O) groups excluding carboxylic acids is 1. The van der Waals surface area contributed by atoms with Gasteiger partial charge < -0.3 is 19.2 Å². The third kappa shape index (κ3) is 4.46. The number of benzene rings is 1. The molecule has 8 nitrogen and oxygen atoms in total. The number of nitrogens with one attached hydrogen (secondary N) is 1. The smallest absolute Gasteiger partial charge is 0.416 e. The summed E-state index contributed by atoms with van der Waals surface area (Å²) in [6, 6.07) is 4.67. The first-order valence-corrected chi connectivity index (χ1v) is 9.18. The molecule has 158 valence electrons. The van der Waals surface area contributed by atoms with Gasteiger partial charge in [-0.05, 0) is 18.2 Å². The summed E-state index contributed by atoms with van der Waals surface area (Å²) in [6.45, 7) is 3.15. The quantitative estimate of drug-likeness (QED) is 0.677. The van der Waals surface area contributed by atoms with Crippen LogP contribution in [0.1, 0.15) is 21.8 Å². The summed E-state index contributed by atoms with van der Waals surface area (Å²) < 4.78 is 49.4. The number of anilines is 2. The second-order valence-corrected chi connectivity index (χ2v) is 6.80. The molecule has 1 aliphatic rings. The molecule has 1 fully saturated rings.